The Hall–Kier alpha value is -9.10. The van der Waals surface area contributed by atoms with Crippen LogP contribution < -0.4 is 48.7 Å². The Morgan fingerprint density at radius 1 is 0.634 bits per heavy atom. The summed E-state index contributed by atoms with van der Waals surface area (Å²) in [5.74, 6) is -6.84. The summed E-state index contributed by atoms with van der Waals surface area (Å²) in [6.45, 7) is 4.73. The molecule has 0 unspecified atom stereocenters. The number of nitrogens with two attached hydrogens (primary N) is 2. The first-order valence-corrected chi connectivity index (χ1v) is 27.2. The van der Waals surface area contributed by atoms with Gasteiger partial charge in [0, 0.05) is 43.2 Å². The lowest BCUT2D eigenvalue weighted by atomic mass is 9.96. The summed E-state index contributed by atoms with van der Waals surface area (Å²) in [6, 6.07) is 19.2. The molecule has 7 amide bonds. The maximum Gasteiger partial charge on any atom is 0.326 e. The van der Waals surface area contributed by atoms with Crippen LogP contribution in [0.15, 0.2) is 109 Å². The second-order valence-corrected chi connectivity index (χ2v) is 20.1. The number of carbonyl (C=O) groups excluding carboxylic acids is 7. The number of nitrogen functional groups attached to an aromatic ring is 1. The quantitative estimate of drug-likeness (QED) is 0.0237. The van der Waals surface area contributed by atoms with Gasteiger partial charge in [-0.3, -0.25) is 33.6 Å². The maximum absolute atomic E-state index is 14.7. The molecule has 82 heavy (non-hydrogen) atoms. The first-order chi connectivity index (χ1) is 39.3. The SMILES string of the molecule is CC[C@H](C)[C@H](NC(=O)[C@H](CS)NC(C)=O)C(=O)N[C@@H](Cc1ccc(O)cc1)C(=O)N[C@@H](CCCCN)C(=O)N[C@@H](Cc1ccc(NC(=O)Cn2nc(-c3ccccc3)c3c(N)ncnc32)cc1)C(=O)N[C@@H](Cc1ccc(O)cc1)C(=O)O. The van der Waals surface area contributed by atoms with E-state index < -0.39 is 89.5 Å². The highest BCUT2D eigenvalue weighted by molar-refractivity contribution is 7.80. The number of anilines is 2. The van der Waals surface area contributed by atoms with Crippen LogP contribution in [0.25, 0.3) is 22.3 Å². The lowest BCUT2D eigenvalue weighted by molar-refractivity contribution is -0.142. The van der Waals surface area contributed by atoms with Crippen LogP contribution in [-0.2, 0) is 64.2 Å². The van der Waals surface area contributed by atoms with E-state index in [1.807, 2.05) is 30.3 Å². The van der Waals surface area contributed by atoms with Crippen molar-refractivity contribution in [1.29, 1.82) is 0 Å². The highest BCUT2D eigenvalue weighted by Gasteiger charge is 2.35. The van der Waals surface area contributed by atoms with Gasteiger partial charge in [-0.1, -0.05) is 87.0 Å². The normalized spacial score (nSPS) is 13.7. The van der Waals surface area contributed by atoms with Gasteiger partial charge in [-0.25, -0.2) is 19.4 Å². The van der Waals surface area contributed by atoms with Gasteiger partial charge in [-0.05, 0) is 84.8 Å². The third-order valence-electron chi connectivity index (χ3n) is 13.5. The molecule has 0 bridgehead atoms. The Balaban J connectivity index is 1.25. The number of rotatable bonds is 29. The predicted molar refractivity (Wildman–Crippen MR) is 309 cm³/mol. The Morgan fingerprint density at radius 2 is 1.15 bits per heavy atom. The molecular weight excluding hydrogens is 1070 g/mol. The number of aromatic nitrogens is 4. The average Bonchev–Trinajstić information content (AvgIpc) is 3.88. The number of thiol groups is 1. The van der Waals surface area contributed by atoms with E-state index in [1.54, 1.807) is 50.2 Å². The van der Waals surface area contributed by atoms with E-state index in [9.17, 15) is 53.7 Å². The van der Waals surface area contributed by atoms with Gasteiger partial charge in [0.05, 0.1) is 5.39 Å². The van der Waals surface area contributed by atoms with Gasteiger partial charge in [-0.15, -0.1) is 0 Å². The molecule has 24 nitrogen and oxygen atoms in total. The monoisotopic (exact) mass is 1140 g/mol. The van der Waals surface area contributed by atoms with E-state index >= 15 is 0 Å². The number of phenolic OH excluding ortho intramolecular Hbond substituents is 2. The van der Waals surface area contributed by atoms with E-state index in [0.717, 1.165) is 5.56 Å². The molecule has 6 aromatic rings. The second kappa shape index (κ2) is 29.9. The van der Waals surface area contributed by atoms with Crippen LogP contribution in [0.2, 0.25) is 0 Å². The van der Waals surface area contributed by atoms with E-state index in [-0.39, 0.29) is 61.8 Å². The number of carboxylic acid groups (broad SMARTS) is 1. The number of amides is 7. The summed E-state index contributed by atoms with van der Waals surface area (Å²) in [4.78, 5) is 118. The van der Waals surface area contributed by atoms with Crippen molar-refractivity contribution in [3.05, 3.63) is 126 Å². The molecule has 0 radical (unpaired) electrons. The summed E-state index contributed by atoms with van der Waals surface area (Å²) in [5.41, 5.74) is 15.5. The summed E-state index contributed by atoms with van der Waals surface area (Å²) >= 11 is 4.19. The first kappa shape index (κ1) is 62.1. The molecule has 0 aliphatic carbocycles. The molecule has 0 saturated carbocycles. The fraction of sp³-hybridized carbons (Fsp3) is 0.351. The maximum atomic E-state index is 14.7. The Labute approximate surface area is 478 Å². The van der Waals surface area contributed by atoms with Gasteiger partial charge in [0.1, 0.15) is 72.1 Å². The summed E-state index contributed by atoms with van der Waals surface area (Å²) in [7, 11) is 0. The molecule has 4 aromatic carbocycles. The highest BCUT2D eigenvalue weighted by Crippen LogP contribution is 2.30. The van der Waals surface area contributed by atoms with Crippen LogP contribution in [0.3, 0.4) is 0 Å². The molecule has 0 aliphatic rings. The van der Waals surface area contributed by atoms with Crippen molar-refractivity contribution in [3.8, 4) is 22.8 Å². The molecule has 7 atom stereocenters. The van der Waals surface area contributed by atoms with Gasteiger partial charge < -0.3 is 64.0 Å². The van der Waals surface area contributed by atoms with Crippen LogP contribution in [0.1, 0.15) is 63.1 Å². The van der Waals surface area contributed by atoms with Gasteiger partial charge in [0.2, 0.25) is 41.4 Å². The molecule has 0 spiro atoms. The molecule has 0 saturated heterocycles. The molecule has 25 heteroatoms. The number of phenols is 2. The number of nitrogens with one attached hydrogen (secondary N) is 7. The lowest BCUT2D eigenvalue weighted by Gasteiger charge is -2.29. The average molecular weight is 1140 g/mol. The molecule has 434 valence electrons. The Morgan fingerprint density at radius 3 is 1.68 bits per heavy atom. The van der Waals surface area contributed by atoms with Crippen molar-refractivity contribution in [2.75, 3.05) is 23.3 Å². The van der Waals surface area contributed by atoms with Crippen molar-refractivity contribution in [3.63, 3.8) is 0 Å². The van der Waals surface area contributed by atoms with Crippen LogP contribution in [-0.4, -0.2) is 131 Å². The molecular formula is C57H69N13O11S. The van der Waals surface area contributed by atoms with Crippen molar-refractivity contribution in [2.45, 2.75) is 109 Å². The number of aliphatic carboxylic acids is 1. The minimum Gasteiger partial charge on any atom is -0.508 e. The van der Waals surface area contributed by atoms with Gasteiger partial charge in [0.15, 0.2) is 5.65 Å². The number of fused-ring (bicyclic) bond motifs is 1. The lowest BCUT2D eigenvalue weighted by Crippen LogP contribution is -2.61. The first-order valence-electron chi connectivity index (χ1n) is 26.6. The smallest absolute Gasteiger partial charge is 0.326 e. The largest absolute Gasteiger partial charge is 0.508 e. The van der Waals surface area contributed by atoms with E-state index in [0.29, 0.717) is 58.4 Å². The fourth-order valence-corrected chi connectivity index (χ4v) is 9.08. The van der Waals surface area contributed by atoms with Crippen molar-refractivity contribution in [1.82, 2.24) is 51.6 Å². The molecule has 6 rings (SSSR count). The van der Waals surface area contributed by atoms with Crippen molar-refractivity contribution < 1.29 is 53.7 Å². The number of unbranched alkanes of at least 4 members (excludes halogenated alkanes) is 1. The van der Waals surface area contributed by atoms with Crippen LogP contribution >= 0.6 is 12.6 Å². The topological polar surface area (TPSA) is 377 Å². The summed E-state index contributed by atoms with van der Waals surface area (Å²) in [5, 5.41) is 54.0. The zero-order chi connectivity index (χ0) is 59.5. The molecule has 2 heterocycles. The van der Waals surface area contributed by atoms with Crippen molar-refractivity contribution >= 4 is 82.5 Å². The second-order valence-electron chi connectivity index (χ2n) is 19.7. The number of carbonyl (C=O) groups is 8. The van der Waals surface area contributed by atoms with Gasteiger partial charge in [-0.2, -0.15) is 17.7 Å². The third kappa shape index (κ3) is 17.7. The summed E-state index contributed by atoms with van der Waals surface area (Å²) in [6.07, 6.45) is 1.86. The Kier molecular flexibility index (Phi) is 22.7. The zero-order valence-corrected chi connectivity index (χ0v) is 46.4. The minimum absolute atomic E-state index is 0.00195. The molecule has 14 N–H and O–H groups in total. The zero-order valence-electron chi connectivity index (χ0n) is 45.5. The van der Waals surface area contributed by atoms with Crippen LogP contribution in [0, 0.1) is 5.92 Å². The van der Waals surface area contributed by atoms with E-state index in [4.69, 9.17) is 11.5 Å². The number of hydrogen-bond acceptors (Lipinski definition) is 16. The van der Waals surface area contributed by atoms with E-state index in [1.165, 1.54) is 54.3 Å². The van der Waals surface area contributed by atoms with Crippen LogP contribution in [0.5, 0.6) is 11.5 Å². The fourth-order valence-electron chi connectivity index (χ4n) is 8.82. The van der Waals surface area contributed by atoms with Gasteiger partial charge >= 0.3 is 5.97 Å². The highest BCUT2D eigenvalue weighted by atomic mass is 32.1. The standard InChI is InChI=1S/C57H69N13O11S/c1-4-32(2)48(68-55(78)45(30-82)62-33(3)71)56(79)66-43(27-35-15-21-39(72)22-16-35)53(76)64-41(12-8-9-25-58)52(75)65-42(54(77)67-44(57(80)81)28-36-17-23-40(73)24-18-36)26-34-13-19-38(20-14-34)63-46(74)29-70-51-47(50(59)60-31-61-51)49(69-70)37-10-6-5-7-11-37/h5-7,10-11,13-24,31-32,41-45,48,72-73,82H,4,8-9,12,25-30,58H2,1-3H3,(H,62,71)(H,63,74)(H,64,76)(H,65,75)(H,66,79)(H,67,77)(H,68,78)(H,80,81)(H2,59,60,61)/t32-,41-,42-,43-,44-,45-,48-/m0/s1. The van der Waals surface area contributed by atoms with Crippen LogP contribution in [0.4, 0.5) is 11.5 Å². The number of benzene rings is 4. The number of nitrogens with zero attached hydrogens (tertiary/aromatic N) is 4. The predicted octanol–water partition coefficient (Wildman–Crippen LogP) is 2.27. The number of aromatic hydroxyl groups is 2. The van der Waals surface area contributed by atoms with E-state index in [2.05, 4.69) is 64.9 Å². The molecule has 2 aromatic heterocycles. The summed E-state index contributed by atoms with van der Waals surface area (Å²) < 4.78 is 1.42. The third-order valence-corrected chi connectivity index (χ3v) is 13.8. The number of carboxylic acids is 1. The van der Waals surface area contributed by atoms with Gasteiger partial charge in [0.25, 0.3) is 0 Å². The minimum atomic E-state index is -1.50. The molecule has 0 aliphatic heterocycles. The number of hydrogen-bond donors (Lipinski definition) is 13. The van der Waals surface area contributed by atoms with Crippen molar-refractivity contribution in [2.24, 2.45) is 11.7 Å². The molecule has 0 fully saturated rings. The Bertz CT molecular complexity index is 3180.